The van der Waals surface area contributed by atoms with Crippen LogP contribution in [0.3, 0.4) is 0 Å². The molecule has 0 bridgehead atoms. The monoisotopic (exact) mass is 443 g/mol. The third-order valence-corrected chi connectivity index (χ3v) is 6.97. The summed E-state index contributed by atoms with van der Waals surface area (Å²) in [6, 6.07) is 14.5. The highest BCUT2D eigenvalue weighted by Crippen LogP contribution is 2.25. The zero-order valence-electron chi connectivity index (χ0n) is 18.1. The van der Waals surface area contributed by atoms with Gasteiger partial charge < -0.3 is 10.1 Å². The van der Waals surface area contributed by atoms with E-state index in [0.717, 1.165) is 11.1 Å². The van der Waals surface area contributed by atoms with E-state index in [0.29, 0.717) is 37.6 Å². The molecule has 0 aliphatic carbocycles. The van der Waals surface area contributed by atoms with Crippen LogP contribution < -0.4 is 10.1 Å². The van der Waals surface area contributed by atoms with Crippen molar-refractivity contribution < 1.29 is 17.9 Å². The first-order valence-electron chi connectivity index (χ1n) is 10.2. The summed E-state index contributed by atoms with van der Waals surface area (Å²) < 4.78 is 32.1. The molecule has 0 spiro atoms. The van der Waals surface area contributed by atoms with E-state index in [1.807, 2.05) is 67.3 Å². The number of piperazine rings is 1. The topological polar surface area (TPSA) is 79.0 Å². The Labute approximate surface area is 184 Å². The lowest BCUT2D eigenvalue weighted by molar-refractivity contribution is -0.121. The van der Waals surface area contributed by atoms with Gasteiger partial charge in [0, 0.05) is 31.6 Å². The number of anilines is 1. The Morgan fingerprint density at radius 3 is 2.42 bits per heavy atom. The number of methoxy groups -OCH3 is 1. The van der Waals surface area contributed by atoms with E-state index >= 15 is 0 Å². The predicted octanol–water partition coefficient (Wildman–Crippen LogP) is 2.95. The van der Waals surface area contributed by atoms with Crippen LogP contribution in [0.2, 0.25) is 0 Å². The van der Waals surface area contributed by atoms with E-state index in [9.17, 15) is 13.2 Å². The number of carbonyl (C=O) groups is 1. The second kappa shape index (κ2) is 10.1. The number of hydrogen-bond acceptors (Lipinski definition) is 5. The molecule has 1 atom stereocenters. The van der Waals surface area contributed by atoms with Gasteiger partial charge in [-0.25, -0.2) is 8.42 Å². The van der Waals surface area contributed by atoms with E-state index in [1.165, 1.54) is 9.71 Å². The van der Waals surface area contributed by atoms with Crippen molar-refractivity contribution in [2.45, 2.75) is 19.9 Å². The summed E-state index contributed by atoms with van der Waals surface area (Å²) in [5.74, 6) is 0.455. The Morgan fingerprint density at radius 1 is 1.10 bits per heavy atom. The maximum Gasteiger partial charge on any atom is 0.241 e. The predicted molar refractivity (Wildman–Crippen MR) is 123 cm³/mol. The van der Waals surface area contributed by atoms with Crippen LogP contribution in [0.4, 0.5) is 5.69 Å². The van der Waals surface area contributed by atoms with E-state index in [2.05, 4.69) is 5.32 Å². The van der Waals surface area contributed by atoms with Crippen LogP contribution in [0.15, 0.2) is 53.9 Å². The van der Waals surface area contributed by atoms with Crippen molar-refractivity contribution in [2.24, 2.45) is 0 Å². The minimum atomic E-state index is -3.50. The standard InChI is InChI=1S/C23H29N3O4S/c1-18-9-10-22(30-3)21(17-18)24-23(27)19(2)25-12-14-26(15-13-25)31(28,29)16-11-20-7-5-4-6-8-20/h4-11,16-17,19H,12-15H2,1-3H3,(H,24,27)/b16-11+. The summed E-state index contributed by atoms with van der Waals surface area (Å²) in [6.07, 6.45) is 1.60. The summed E-state index contributed by atoms with van der Waals surface area (Å²) in [5.41, 5.74) is 2.49. The molecule has 166 valence electrons. The molecule has 2 aromatic carbocycles. The Kier molecular flexibility index (Phi) is 7.48. The molecular weight excluding hydrogens is 414 g/mol. The number of nitrogens with zero attached hydrogens (tertiary/aromatic N) is 2. The highest BCUT2D eigenvalue weighted by molar-refractivity contribution is 7.92. The molecule has 1 amide bonds. The molecule has 1 fully saturated rings. The van der Waals surface area contributed by atoms with Crippen LogP contribution in [-0.2, 0) is 14.8 Å². The Morgan fingerprint density at radius 2 is 1.77 bits per heavy atom. The number of carbonyl (C=O) groups excluding carboxylic acids is 1. The maximum absolute atomic E-state index is 12.8. The molecule has 1 unspecified atom stereocenters. The van der Waals surface area contributed by atoms with Gasteiger partial charge in [0.15, 0.2) is 0 Å². The van der Waals surface area contributed by atoms with Crippen molar-refractivity contribution in [2.75, 3.05) is 38.6 Å². The largest absolute Gasteiger partial charge is 0.495 e. The maximum atomic E-state index is 12.8. The Hall–Kier alpha value is -2.68. The van der Waals surface area contributed by atoms with Crippen molar-refractivity contribution in [1.29, 1.82) is 0 Å². The van der Waals surface area contributed by atoms with Gasteiger partial charge in [0.05, 0.1) is 18.8 Å². The number of nitrogens with one attached hydrogen (secondary N) is 1. The Balaban J connectivity index is 1.58. The quantitative estimate of drug-likeness (QED) is 0.712. The third-order valence-electron chi connectivity index (χ3n) is 5.41. The molecule has 31 heavy (non-hydrogen) atoms. The van der Waals surface area contributed by atoms with Gasteiger partial charge in [0.1, 0.15) is 5.75 Å². The molecule has 1 saturated heterocycles. The lowest BCUT2D eigenvalue weighted by atomic mass is 10.2. The number of sulfonamides is 1. The van der Waals surface area contributed by atoms with E-state index < -0.39 is 16.1 Å². The van der Waals surface area contributed by atoms with Crippen LogP contribution >= 0.6 is 0 Å². The zero-order chi connectivity index (χ0) is 22.4. The molecule has 1 aliphatic rings. The highest BCUT2D eigenvalue weighted by atomic mass is 32.2. The summed E-state index contributed by atoms with van der Waals surface area (Å²) in [6.45, 7) is 5.43. The summed E-state index contributed by atoms with van der Waals surface area (Å²) in [7, 11) is -1.94. The number of amides is 1. The normalized spacial score (nSPS) is 16.9. The van der Waals surface area contributed by atoms with Gasteiger partial charge in [-0.1, -0.05) is 36.4 Å². The number of rotatable bonds is 7. The molecular formula is C23H29N3O4S. The van der Waals surface area contributed by atoms with Crippen LogP contribution in [0, 0.1) is 6.92 Å². The van der Waals surface area contributed by atoms with Crippen LogP contribution in [0.5, 0.6) is 5.75 Å². The van der Waals surface area contributed by atoms with Crippen LogP contribution in [0.1, 0.15) is 18.1 Å². The van der Waals surface area contributed by atoms with Gasteiger partial charge in [-0.3, -0.25) is 9.69 Å². The van der Waals surface area contributed by atoms with Crippen molar-refractivity contribution in [3.63, 3.8) is 0 Å². The molecule has 1 aliphatic heterocycles. The molecule has 1 N–H and O–H groups in total. The number of benzene rings is 2. The van der Waals surface area contributed by atoms with Gasteiger partial charge >= 0.3 is 0 Å². The third kappa shape index (κ3) is 5.94. The summed E-state index contributed by atoms with van der Waals surface area (Å²) >= 11 is 0. The molecule has 2 aromatic rings. The average molecular weight is 444 g/mol. The van der Waals surface area contributed by atoms with Crippen molar-refractivity contribution >= 4 is 27.7 Å². The van der Waals surface area contributed by atoms with E-state index in [4.69, 9.17) is 4.74 Å². The summed E-state index contributed by atoms with van der Waals surface area (Å²) in [5, 5.41) is 4.18. The molecule has 3 rings (SSSR count). The van der Waals surface area contributed by atoms with Crippen molar-refractivity contribution in [1.82, 2.24) is 9.21 Å². The molecule has 0 aromatic heterocycles. The highest BCUT2D eigenvalue weighted by Gasteiger charge is 2.30. The lowest BCUT2D eigenvalue weighted by Gasteiger charge is -2.36. The van der Waals surface area contributed by atoms with Gasteiger partial charge in [0.25, 0.3) is 0 Å². The fourth-order valence-electron chi connectivity index (χ4n) is 3.48. The fourth-order valence-corrected chi connectivity index (χ4v) is 4.66. The first kappa shape index (κ1) is 23.0. The number of aryl methyl sites for hydroxylation is 1. The average Bonchev–Trinajstić information content (AvgIpc) is 2.78. The van der Waals surface area contributed by atoms with E-state index in [-0.39, 0.29) is 5.91 Å². The molecule has 8 heteroatoms. The first-order valence-corrected chi connectivity index (χ1v) is 11.7. The molecule has 0 radical (unpaired) electrons. The fraction of sp³-hybridized carbons (Fsp3) is 0.348. The second-order valence-electron chi connectivity index (χ2n) is 7.56. The van der Waals surface area contributed by atoms with Gasteiger partial charge in [-0.05, 0) is 43.2 Å². The van der Waals surface area contributed by atoms with Gasteiger partial charge in [-0.2, -0.15) is 4.31 Å². The van der Waals surface area contributed by atoms with E-state index in [1.54, 1.807) is 13.2 Å². The van der Waals surface area contributed by atoms with Crippen molar-refractivity contribution in [3.8, 4) is 5.75 Å². The second-order valence-corrected chi connectivity index (χ2v) is 9.38. The zero-order valence-corrected chi connectivity index (χ0v) is 18.9. The van der Waals surface area contributed by atoms with Crippen LogP contribution in [0.25, 0.3) is 6.08 Å². The molecule has 0 saturated carbocycles. The van der Waals surface area contributed by atoms with Crippen LogP contribution in [-0.4, -0.2) is 62.9 Å². The first-order chi connectivity index (χ1) is 14.8. The van der Waals surface area contributed by atoms with Gasteiger partial charge in [0.2, 0.25) is 15.9 Å². The lowest BCUT2D eigenvalue weighted by Crippen LogP contribution is -2.53. The summed E-state index contributed by atoms with van der Waals surface area (Å²) in [4.78, 5) is 14.8. The molecule has 7 nitrogen and oxygen atoms in total. The van der Waals surface area contributed by atoms with Crippen molar-refractivity contribution in [3.05, 3.63) is 65.1 Å². The number of ether oxygens (including phenoxy) is 1. The minimum Gasteiger partial charge on any atom is -0.495 e. The minimum absolute atomic E-state index is 0.149. The Bertz CT molecular complexity index is 1030. The smallest absolute Gasteiger partial charge is 0.241 e. The SMILES string of the molecule is COc1ccc(C)cc1NC(=O)C(C)N1CCN(S(=O)(=O)/C=C/c2ccccc2)CC1. The van der Waals surface area contributed by atoms with Gasteiger partial charge in [-0.15, -0.1) is 0 Å². The number of hydrogen-bond donors (Lipinski definition) is 1. The molecule has 1 heterocycles.